The van der Waals surface area contributed by atoms with Crippen LogP contribution in [0.3, 0.4) is 0 Å². The number of nitrogens with zero attached hydrogens (tertiary/aromatic N) is 2. The molecule has 1 aromatic carbocycles. The highest BCUT2D eigenvalue weighted by molar-refractivity contribution is 5.95. The molecule has 2 N–H and O–H groups in total. The summed E-state index contributed by atoms with van der Waals surface area (Å²) in [4.78, 5) is 12.2. The molecular formula is C15H16N4O. The van der Waals surface area contributed by atoms with Gasteiger partial charge >= 0.3 is 0 Å². The molecule has 0 aromatic heterocycles. The van der Waals surface area contributed by atoms with E-state index < -0.39 is 0 Å². The van der Waals surface area contributed by atoms with Gasteiger partial charge in [0.15, 0.2) is 0 Å². The van der Waals surface area contributed by atoms with E-state index in [1.54, 1.807) is 12.1 Å². The smallest absolute Gasteiger partial charge is 0.241 e. The Morgan fingerprint density at radius 1 is 1.35 bits per heavy atom. The van der Waals surface area contributed by atoms with Gasteiger partial charge in [0.2, 0.25) is 5.91 Å². The van der Waals surface area contributed by atoms with Crippen molar-refractivity contribution >= 4 is 11.6 Å². The minimum atomic E-state index is -0.204. The molecule has 2 unspecified atom stereocenters. The molecule has 0 radical (unpaired) electrons. The van der Waals surface area contributed by atoms with Crippen LogP contribution in [0.5, 0.6) is 0 Å². The number of piperidine rings is 1. The third-order valence-electron chi connectivity index (χ3n) is 3.58. The Hall–Kier alpha value is -2.37. The molecule has 102 valence electrons. The summed E-state index contributed by atoms with van der Waals surface area (Å²) < 4.78 is 0. The van der Waals surface area contributed by atoms with E-state index in [1.165, 1.54) is 6.07 Å². The maximum Gasteiger partial charge on any atom is 0.241 e. The molecule has 0 spiro atoms. The zero-order valence-corrected chi connectivity index (χ0v) is 11.3. The number of hydrogen-bond acceptors (Lipinski definition) is 4. The average molecular weight is 268 g/mol. The second-order valence-electron chi connectivity index (χ2n) is 5.02. The molecule has 1 aliphatic rings. The van der Waals surface area contributed by atoms with Crippen LogP contribution in [0.15, 0.2) is 18.2 Å². The maximum absolute atomic E-state index is 12.2. The highest BCUT2D eigenvalue weighted by atomic mass is 16.2. The SMILES string of the molecule is CC1CCCNC1C(=O)Nc1ccc(C#N)c(C#N)c1. The van der Waals surface area contributed by atoms with Crippen LogP contribution in [0.2, 0.25) is 0 Å². The van der Waals surface area contributed by atoms with E-state index >= 15 is 0 Å². The van der Waals surface area contributed by atoms with Gasteiger partial charge in [0, 0.05) is 5.69 Å². The Morgan fingerprint density at radius 2 is 2.10 bits per heavy atom. The molecule has 1 saturated heterocycles. The van der Waals surface area contributed by atoms with Crippen LogP contribution in [0, 0.1) is 28.6 Å². The van der Waals surface area contributed by atoms with Gasteiger partial charge in [-0.15, -0.1) is 0 Å². The van der Waals surface area contributed by atoms with Crippen LogP contribution >= 0.6 is 0 Å². The Balaban J connectivity index is 2.12. The van der Waals surface area contributed by atoms with Crippen molar-refractivity contribution in [2.24, 2.45) is 5.92 Å². The van der Waals surface area contributed by atoms with Crippen molar-refractivity contribution in [1.82, 2.24) is 5.32 Å². The number of carbonyl (C=O) groups is 1. The first-order chi connectivity index (χ1) is 9.65. The Labute approximate surface area is 118 Å². The summed E-state index contributed by atoms with van der Waals surface area (Å²) in [6.45, 7) is 2.90. The number of nitrogens with one attached hydrogen (secondary N) is 2. The highest BCUT2D eigenvalue weighted by Crippen LogP contribution is 2.19. The number of rotatable bonds is 2. The number of hydrogen-bond donors (Lipinski definition) is 2. The van der Waals surface area contributed by atoms with Crippen molar-refractivity contribution in [2.45, 2.75) is 25.8 Å². The predicted octanol–water partition coefficient (Wildman–Crippen LogP) is 1.76. The van der Waals surface area contributed by atoms with Gasteiger partial charge in [0.05, 0.1) is 17.2 Å². The molecule has 2 rings (SSSR count). The van der Waals surface area contributed by atoms with Gasteiger partial charge in [-0.25, -0.2) is 0 Å². The molecule has 5 nitrogen and oxygen atoms in total. The summed E-state index contributed by atoms with van der Waals surface area (Å²) in [6.07, 6.45) is 2.11. The van der Waals surface area contributed by atoms with Gasteiger partial charge in [-0.2, -0.15) is 10.5 Å². The lowest BCUT2D eigenvalue weighted by molar-refractivity contribution is -0.119. The summed E-state index contributed by atoms with van der Waals surface area (Å²) in [5.74, 6) is 0.198. The fourth-order valence-electron chi connectivity index (χ4n) is 2.43. The van der Waals surface area contributed by atoms with Crippen LogP contribution in [0.25, 0.3) is 0 Å². The summed E-state index contributed by atoms with van der Waals surface area (Å²) in [5, 5.41) is 23.9. The minimum absolute atomic E-state index is 0.0919. The van der Waals surface area contributed by atoms with Crippen molar-refractivity contribution in [3.05, 3.63) is 29.3 Å². The van der Waals surface area contributed by atoms with E-state index in [9.17, 15) is 4.79 Å². The zero-order valence-electron chi connectivity index (χ0n) is 11.3. The molecule has 1 fully saturated rings. The number of anilines is 1. The third-order valence-corrected chi connectivity index (χ3v) is 3.58. The van der Waals surface area contributed by atoms with Crippen molar-refractivity contribution in [1.29, 1.82) is 10.5 Å². The largest absolute Gasteiger partial charge is 0.325 e. The number of carbonyl (C=O) groups excluding carboxylic acids is 1. The molecule has 0 aliphatic carbocycles. The van der Waals surface area contributed by atoms with Crippen molar-refractivity contribution in [3.63, 3.8) is 0 Å². The first-order valence-corrected chi connectivity index (χ1v) is 6.64. The monoisotopic (exact) mass is 268 g/mol. The fourth-order valence-corrected chi connectivity index (χ4v) is 2.43. The number of amides is 1. The normalized spacial score (nSPS) is 21.6. The molecule has 20 heavy (non-hydrogen) atoms. The highest BCUT2D eigenvalue weighted by Gasteiger charge is 2.27. The van der Waals surface area contributed by atoms with E-state index in [1.807, 2.05) is 12.1 Å². The molecule has 1 aromatic rings. The van der Waals surface area contributed by atoms with Crippen molar-refractivity contribution in [2.75, 3.05) is 11.9 Å². The van der Waals surface area contributed by atoms with Gasteiger partial charge in [-0.1, -0.05) is 6.92 Å². The lowest BCUT2D eigenvalue weighted by Crippen LogP contribution is -2.48. The molecule has 1 heterocycles. The van der Waals surface area contributed by atoms with Crippen LogP contribution in [0.4, 0.5) is 5.69 Å². The molecule has 0 saturated carbocycles. The van der Waals surface area contributed by atoms with Crippen molar-refractivity contribution in [3.8, 4) is 12.1 Å². The lowest BCUT2D eigenvalue weighted by atomic mass is 9.92. The molecule has 1 aliphatic heterocycles. The van der Waals surface area contributed by atoms with Crippen LogP contribution < -0.4 is 10.6 Å². The van der Waals surface area contributed by atoms with Gasteiger partial charge in [-0.05, 0) is 43.5 Å². The summed E-state index contributed by atoms with van der Waals surface area (Å²) >= 11 is 0. The van der Waals surface area contributed by atoms with Crippen LogP contribution in [-0.2, 0) is 4.79 Å². The van der Waals surface area contributed by atoms with E-state index in [0.29, 0.717) is 11.3 Å². The van der Waals surface area contributed by atoms with Gasteiger partial charge in [-0.3, -0.25) is 4.79 Å². The van der Waals surface area contributed by atoms with E-state index in [-0.39, 0.29) is 23.4 Å². The number of nitriles is 2. The average Bonchev–Trinajstić information content (AvgIpc) is 2.47. The first kappa shape index (κ1) is 14.0. The van der Waals surface area contributed by atoms with Gasteiger partial charge < -0.3 is 10.6 Å². The number of benzene rings is 1. The van der Waals surface area contributed by atoms with E-state index in [0.717, 1.165) is 19.4 Å². The second-order valence-corrected chi connectivity index (χ2v) is 5.02. The van der Waals surface area contributed by atoms with E-state index in [2.05, 4.69) is 17.6 Å². The summed E-state index contributed by atoms with van der Waals surface area (Å²) in [5.41, 5.74) is 1.13. The second kappa shape index (κ2) is 6.18. The summed E-state index contributed by atoms with van der Waals surface area (Å²) in [7, 11) is 0. The molecule has 1 amide bonds. The van der Waals surface area contributed by atoms with Crippen LogP contribution in [0.1, 0.15) is 30.9 Å². The third kappa shape index (κ3) is 2.96. The standard InChI is InChI=1S/C15H16N4O/c1-10-3-2-6-18-14(10)15(20)19-13-5-4-11(8-16)12(7-13)9-17/h4-5,7,10,14,18H,2-3,6H2,1H3,(H,19,20). The quantitative estimate of drug-likeness (QED) is 0.855. The Kier molecular flexibility index (Phi) is 4.34. The van der Waals surface area contributed by atoms with Crippen molar-refractivity contribution < 1.29 is 4.79 Å². The minimum Gasteiger partial charge on any atom is -0.325 e. The molecule has 5 heteroatoms. The fraction of sp³-hybridized carbons (Fsp3) is 0.400. The molecular weight excluding hydrogens is 252 g/mol. The van der Waals surface area contributed by atoms with Gasteiger partial charge in [0.1, 0.15) is 12.1 Å². The molecule has 2 atom stereocenters. The first-order valence-electron chi connectivity index (χ1n) is 6.64. The maximum atomic E-state index is 12.2. The topological polar surface area (TPSA) is 88.7 Å². The van der Waals surface area contributed by atoms with E-state index in [4.69, 9.17) is 10.5 Å². The molecule has 0 bridgehead atoms. The Bertz CT molecular complexity index is 597. The lowest BCUT2D eigenvalue weighted by Gasteiger charge is -2.28. The van der Waals surface area contributed by atoms with Crippen LogP contribution in [-0.4, -0.2) is 18.5 Å². The Morgan fingerprint density at radius 3 is 2.75 bits per heavy atom. The summed E-state index contributed by atoms with van der Waals surface area (Å²) in [6, 6.07) is 8.43. The van der Waals surface area contributed by atoms with Gasteiger partial charge in [0.25, 0.3) is 0 Å². The zero-order chi connectivity index (χ0) is 14.5. The predicted molar refractivity (Wildman–Crippen MR) is 74.7 cm³/mol.